The van der Waals surface area contributed by atoms with Crippen molar-refractivity contribution in [2.75, 3.05) is 23.5 Å². The van der Waals surface area contributed by atoms with E-state index in [1.165, 1.54) is 0 Å². The maximum absolute atomic E-state index is 12.5. The molecule has 0 heterocycles. The number of nitrogens with zero attached hydrogens (tertiary/aromatic N) is 1. The number of hydrogen-bond donors (Lipinski definition) is 1. The van der Waals surface area contributed by atoms with Gasteiger partial charge in [0.05, 0.1) is 16.4 Å². The first-order valence-electron chi connectivity index (χ1n) is 5.05. The van der Waals surface area contributed by atoms with E-state index in [4.69, 9.17) is 11.6 Å². The highest BCUT2D eigenvalue weighted by atomic mass is 35.5. The summed E-state index contributed by atoms with van der Waals surface area (Å²) < 4.78 is 12.5. The minimum Gasteiger partial charge on any atom is -0.371 e. The van der Waals surface area contributed by atoms with Crippen LogP contribution in [0.25, 0.3) is 0 Å². The van der Waals surface area contributed by atoms with Gasteiger partial charge in [0.1, 0.15) is 0 Å². The van der Waals surface area contributed by atoms with Gasteiger partial charge in [0, 0.05) is 13.1 Å². The predicted molar refractivity (Wildman–Crippen MR) is 64.5 cm³/mol. The third-order valence-electron chi connectivity index (χ3n) is 2.50. The molecule has 0 bridgehead atoms. The van der Waals surface area contributed by atoms with E-state index >= 15 is 0 Å². The second-order valence-electron chi connectivity index (χ2n) is 3.39. The topological polar surface area (TPSA) is 15.3 Å². The van der Waals surface area contributed by atoms with Crippen LogP contribution in [-0.2, 0) is 0 Å². The van der Waals surface area contributed by atoms with E-state index in [0.717, 1.165) is 24.3 Å². The Morgan fingerprint density at radius 3 is 2.40 bits per heavy atom. The van der Waals surface area contributed by atoms with Gasteiger partial charge in [-0.05, 0) is 38.5 Å². The first-order chi connectivity index (χ1) is 7.13. The molecule has 2 nitrogen and oxygen atoms in total. The van der Waals surface area contributed by atoms with Crippen LogP contribution in [0, 0.1) is 6.92 Å². The summed E-state index contributed by atoms with van der Waals surface area (Å²) in [6.07, 6.45) is 0. The van der Waals surface area contributed by atoms with Crippen molar-refractivity contribution in [3.8, 4) is 0 Å². The molecule has 0 saturated heterocycles. The Balaban J connectivity index is 3.17. The van der Waals surface area contributed by atoms with Crippen LogP contribution in [0.2, 0.25) is 5.02 Å². The minimum absolute atomic E-state index is 0.473. The van der Waals surface area contributed by atoms with Crippen LogP contribution in [-0.4, -0.2) is 13.1 Å². The highest BCUT2D eigenvalue weighted by Gasteiger charge is 2.10. The fourth-order valence-corrected chi connectivity index (χ4v) is 1.91. The van der Waals surface area contributed by atoms with Crippen molar-refractivity contribution in [2.45, 2.75) is 20.8 Å². The molecule has 0 radical (unpaired) electrons. The van der Waals surface area contributed by atoms with Gasteiger partial charge in [0.2, 0.25) is 0 Å². The lowest BCUT2D eigenvalue weighted by molar-refractivity contribution is 0.616. The molecule has 4 heteroatoms. The van der Waals surface area contributed by atoms with Gasteiger partial charge >= 0.3 is 0 Å². The second-order valence-corrected chi connectivity index (χ2v) is 3.79. The third-order valence-corrected chi connectivity index (χ3v) is 2.80. The summed E-state index contributed by atoms with van der Waals surface area (Å²) in [6, 6.07) is 3.52. The maximum Gasteiger partial charge on any atom is 0.0706 e. The smallest absolute Gasteiger partial charge is 0.0706 e. The first kappa shape index (κ1) is 12.1. The summed E-state index contributed by atoms with van der Waals surface area (Å²) in [7, 11) is 0. The molecule has 1 rings (SSSR count). The lowest BCUT2D eigenvalue weighted by Gasteiger charge is -2.23. The number of aryl methyl sites for hydroxylation is 1. The Morgan fingerprint density at radius 1 is 1.33 bits per heavy atom. The summed E-state index contributed by atoms with van der Waals surface area (Å²) in [5, 5.41) is 0.662. The van der Waals surface area contributed by atoms with Crippen molar-refractivity contribution < 1.29 is 4.48 Å². The Hall–Kier alpha value is -0.960. The number of anilines is 2. The summed E-state index contributed by atoms with van der Waals surface area (Å²) in [4.78, 5) is 2.09. The molecule has 0 unspecified atom stereocenters. The molecule has 0 amide bonds. The molecular formula is C11H16ClFN2. The van der Waals surface area contributed by atoms with Crippen molar-refractivity contribution in [2.24, 2.45) is 0 Å². The van der Waals surface area contributed by atoms with Gasteiger partial charge in [-0.1, -0.05) is 11.6 Å². The summed E-state index contributed by atoms with van der Waals surface area (Å²) >= 11 is 6.12. The van der Waals surface area contributed by atoms with Gasteiger partial charge in [0.25, 0.3) is 0 Å². The van der Waals surface area contributed by atoms with Crippen LogP contribution in [0.5, 0.6) is 0 Å². The highest BCUT2D eigenvalue weighted by molar-refractivity contribution is 6.33. The highest BCUT2D eigenvalue weighted by Crippen LogP contribution is 2.31. The van der Waals surface area contributed by atoms with Crippen molar-refractivity contribution in [3.63, 3.8) is 0 Å². The third kappa shape index (κ3) is 2.53. The molecule has 1 aromatic rings. The molecule has 15 heavy (non-hydrogen) atoms. The molecule has 0 spiro atoms. The van der Waals surface area contributed by atoms with Gasteiger partial charge in [-0.25, -0.2) is 5.54 Å². The van der Waals surface area contributed by atoms with Crippen LogP contribution < -0.4 is 10.4 Å². The molecule has 1 aromatic carbocycles. The molecule has 0 aliphatic carbocycles. The normalized spacial score (nSPS) is 10.2. The molecule has 0 fully saturated rings. The lowest BCUT2D eigenvalue weighted by atomic mass is 10.1. The van der Waals surface area contributed by atoms with Crippen molar-refractivity contribution in [3.05, 3.63) is 22.7 Å². The lowest BCUT2D eigenvalue weighted by Crippen LogP contribution is -2.22. The van der Waals surface area contributed by atoms with E-state index in [9.17, 15) is 4.48 Å². The van der Waals surface area contributed by atoms with E-state index in [-0.39, 0.29) is 0 Å². The molecule has 0 aromatic heterocycles. The number of nitrogens with one attached hydrogen (secondary N) is 1. The van der Waals surface area contributed by atoms with Crippen LogP contribution in [0.4, 0.5) is 15.9 Å². The van der Waals surface area contributed by atoms with E-state index in [1.54, 1.807) is 17.7 Å². The quantitative estimate of drug-likeness (QED) is 0.792. The molecule has 84 valence electrons. The SMILES string of the molecule is CCN(CC)c1cc(NF)c(C)cc1Cl. The molecule has 0 atom stereocenters. The summed E-state index contributed by atoms with van der Waals surface area (Å²) in [5.74, 6) is 0. The largest absolute Gasteiger partial charge is 0.371 e. The number of halogens is 2. The summed E-state index contributed by atoms with van der Waals surface area (Å²) in [6.45, 7) is 7.61. The van der Waals surface area contributed by atoms with Gasteiger partial charge in [-0.15, -0.1) is 4.48 Å². The van der Waals surface area contributed by atoms with Gasteiger partial charge in [-0.2, -0.15) is 0 Å². The van der Waals surface area contributed by atoms with Crippen LogP contribution in [0.1, 0.15) is 19.4 Å². The molecular weight excluding hydrogens is 215 g/mol. The Bertz CT molecular complexity index is 338. The zero-order chi connectivity index (χ0) is 11.4. The fourth-order valence-electron chi connectivity index (χ4n) is 1.57. The first-order valence-corrected chi connectivity index (χ1v) is 5.43. The van der Waals surface area contributed by atoms with Gasteiger partial charge in [-0.3, -0.25) is 0 Å². The van der Waals surface area contributed by atoms with Crippen LogP contribution in [0.3, 0.4) is 0 Å². The van der Waals surface area contributed by atoms with E-state index < -0.39 is 0 Å². The Kier molecular flexibility index (Phi) is 4.21. The van der Waals surface area contributed by atoms with E-state index in [1.807, 2.05) is 20.8 Å². The number of rotatable bonds is 4. The number of benzene rings is 1. The van der Waals surface area contributed by atoms with Crippen LogP contribution in [0.15, 0.2) is 12.1 Å². The zero-order valence-corrected chi connectivity index (χ0v) is 10.0. The van der Waals surface area contributed by atoms with E-state index in [0.29, 0.717) is 10.7 Å². The van der Waals surface area contributed by atoms with Crippen molar-refractivity contribution in [1.82, 2.24) is 0 Å². The Labute approximate surface area is 95.0 Å². The standard InChI is InChI=1S/C11H16ClFN2/c1-4-15(5-2)11-7-10(14-13)8(3)6-9(11)12/h6-7,14H,4-5H2,1-3H3. The summed E-state index contributed by atoms with van der Waals surface area (Å²) in [5.41, 5.74) is 3.83. The molecule has 1 N–H and O–H groups in total. The average Bonchev–Trinajstić information content (AvgIpc) is 2.22. The van der Waals surface area contributed by atoms with Crippen LogP contribution >= 0.6 is 11.6 Å². The van der Waals surface area contributed by atoms with Gasteiger partial charge < -0.3 is 4.90 Å². The van der Waals surface area contributed by atoms with Crippen molar-refractivity contribution >= 4 is 23.0 Å². The van der Waals surface area contributed by atoms with Crippen molar-refractivity contribution in [1.29, 1.82) is 0 Å². The predicted octanol–water partition coefficient (Wildman–Crippen LogP) is 3.79. The van der Waals surface area contributed by atoms with Gasteiger partial charge in [0.15, 0.2) is 0 Å². The minimum atomic E-state index is 0.473. The molecule has 0 aliphatic rings. The second kappa shape index (κ2) is 5.21. The van der Waals surface area contributed by atoms with E-state index in [2.05, 4.69) is 4.90 Å². The maximum atomic E-state index is 12.5. The number of hydrogen-bond acceptors (Lipinski definition) is 2. The monoisotopic (exact) mass is 230 g/mol. The molecule has 0 aliphatic heterocycles. The zero-order valence-electron chi connectivity index (χ0n) is 9.27. The fraction of sp³-hybridized carbons (Fsp3) is 0.455. The molecule has 0 saturated carbocycles. The average molecular weight is 231 g/mol. The Morgan fingerprint density at radius 2 is 1.93 bits per heavy atom.